The first-order valence-corrected chi connectivity index (χ1v) is 15.0. The van der Waals surface area contributed by atoms with E-state index < -0.39 is 0 Å². The zero-order valence-corrected chi connectivity index (χ0v) is 23.8. The van der Waals surface area contributed by atoms with E-state index in [0.29, 0.717) is 30.4 Å². The molecule has 0 spiro atoms. The van der Waals surface area contributed by atoms with Crippen molar-refractivity contribution in [1.82, 2.24) is 14.9 Å². The summed E-state index contributed by atoms with van der Waals surface area (Å²) in [6.07, 6.45) is 9.34. The number of nitrogens with zero attached hydrogens (tertiary/aromatic N) is 4. The van der Waals surface area contributed by atoms with Crippen LogP contribution in [0.15, 0.2) is 34.9 Å². The Morgan fingerprint density at radius 3 is 2.46 bits per heavy atom. The summed E-state index contributed by atoms with van der Waals surface area (Å²) in [7, 11) is 1.91. The number of hydrogen-bond donors (Lipinski definition) is 2. The van der Waals surface area contributed by atoms with Crippen LogP contribution in [0.4, 0.5) is 17.5 Å². The average Bonchev–Trinajstić information content (AvgIpc) is 2.91. The van der Waals surface area contributed by atoms with Gasteiger partial charge in [-0.05, 0) is 96.4 Å². The molecule has 2 heterocycles. The van der Waals surface area contributed by atoms with Crippen molar-refractivity contribution in [3.63, 3.8) is 0 Å². The predicted octanol–water partition coefficient (Wildman–Crippen LogP) is 5.39. The van der Waals surface area contributed by atoms with Gasteiger partial charge in [-0.1, -0.05) is 19.1 Å². The van der Waals surface area contributed by atoms with Crippen molar-refractivity contribution in [3.05, 3.63) is 40.5 Å². The molecule has 1 aromatic heterocycles. The standard InChI is InChI=1S/C29H41BrN6O/c1-3-8-35-9-11-36(12-10-35)24-6-4-20(5-7-24)18-31-28-32-19-25(30)27(34-28)33-26-22-13-21-14-23(26)17-29(15-21,16-22)37-2/h4-7,19,21-23,26H,3,8-18H2,1-2H3,(H2,31,32,33,34). The maximum absolute atomic E-state index is 6.04. The molecule has 2 aromatic rings. The van der Waals surface area contributed by atoms with Gasteiger partial charge in [-0.25, -0.2) is 4.98 Å². The molecular formula is C29H41BrN6O. The predicted molar refractivity (Wildman–Crippen MR) is 153 cm³/mol. The summed E-state index contributed by atoms with van der Waals surface area (Å²) in [5.74, 6) is 3.73. The summed E-state index contributed by atoms with van der Waals surface area (Å²) in [4.78, 5) is 14.5. The van der Waals surface area contributed by atoms with Crippen LogP contribution < -0.4 is 15.5 Å². The van der Waals surface area contributed by atoms with E-state index in [0.717, 1.165) is 42.4 Å². The van der Waals surface area contributed by atoms with Gasteiger partial charge in [-0.3, -0.25) is 4.90 Å². The second-order valence-corrected chi connectivity index (χ2v) is 12.6. The molecular weight excluding hydrogens is 528 g/mol. The summed E-state index contributed by atoms with van der Waals surface area (Å²) in [5.41, 5.74) is 2.68. The highest BCUT2D eigenvalue weighted by molar-refractivity contribution is 9.10. The third kappa shape index (κ3) is 5.34. The molecule has 4 saturated carbocycles. The number of halogens is 1. The summed E-state index contributed by atoms with van der Waals surface area (Å²) in [6.45, 7) is 8.71. The Kier molecular flexibility index (Phi) is 7.34. The third-order valence-electron chi connectivity index (χ3n) is 9.36. The molecule has 0 amide bonds. The lowest BCUT2D eigenvalue weighted by Crippen LogP contribution is -2.59. The van der Waals surface area contributed by atoms with Gasteiger partial charge in [0, 0.05) is 57.8 Å². The van der Waals surface area contributed by atoms with Crippen LogP contribution in [0.3, 0.4) is 0 Å². The van der Waals surface area contributed by atoms with Gasteiger partial charge in [-0.15, -0.1) is 0 Å². The van der Waals surface area contributed by atoms with E-state index in [1.54, 1.807) is 0 Å². The van der Waals surface area contributed by atoms with E-state index in [1.165, 1.54) is 56.3 Å². The average molecular weight is 570 g/mol. The lowest BCUT2D eigenvalue weighted by molar-refractivity contribution is -0.149. The first-order valence-electron chi connectivity index (χ1n) is 14.2. The van der Waals surface area contributed by atoms with Crippen molar-refractivity contribution in [2.24, 2.45) is 17.8 Å². The Hall–Kier alpha value is -1.90. The summed E-state index contributed by atoms with van der Waals surface area (Å²) < 4.78 is 6.97. The van der Waals surface area contributed by atoms with Crippen LogP contribution in [0.25, 0.3) is 0 Å². The van der Waals surface area contributed by atoms with Crippen molar-refractivity contribution in [2.75, 3.05) is 55.4 Å². The largest absolute Gasteiger partial charge is 0.378 e. The molecule has 37 heavy (non-hydrogen) atoms. The topological polar surface area (TPSA) is 65.5 Å². The molecule has 1 saturated heterocycles. The SMILES string of the molecule is CCCN1CCN(c2ccc(CNc3ncc(Br)c(NC4C5CC6CC4CC(OC)(C6)C5)n3)cc2)CC1. The Balaban J connectivity index is 1.05. The fourth-order valence-corrected chi connectivity index (χ4v) is 8.00. The van der Waals surface area contributed by atoms with Gasteiger partial charge in [-0.2, -0.15) is 4.98 Å². The first-order chi connectivity index (χ1) is 18.0. The maximum Gasteiger partial charge on any atom is 0.224 e. The number of methoxy groups -OCH3 is 1. The van der Waals surface area contributed by atoms with Crippen LogP contribution >= 0.6 is 15.9 Å². The lowest BCUT2D eigenvalue weighted by Gasteiger charge is -2.59. The van der Waals surface area contributed by atoms with Gasteiger partial charge >= 0.3 is 0 Å². The van der Waals surface area contributed by atoms with Crippen molar-refractivity contribution < 1.29 is 4.74 Å². The highest BCUT2D eigenvalue weighted by atomic mass is 79.9. The van der Waals surface area contributed by atoms with Gasteiger partial charge < -0.3 is 20.3 Å². The van der Waals surface area contributed by atoms with Gasteiger partial charge in [0.1, 0.15) is 5.82 Å². The number of benzene rings is 1. The Bertz CT molecular complexity index is 1060. The molecule has 7 nitrogen and oxygen atoms in total. The zero-order valence-electron chi connectivity index (χ0n) is 22.3. The smallest absolute Gasteiger partial charge is 0.224 e. The van der Waals surface area contributed by atoms with E-state index in [-0.39, 0.29) is 5.60 Å². The van der Waals surface area contributed by atoms with Gasteiger partial charge in [0.25, 0.3) is 0 Å². The fourth-order valence-electron chi connectivity index (χ4n) is 7.70. The molecule has 2 unspecified atom stereocenters. The summed E-state index contributed by atoms with van der Waals surface area (Å²) in [5, 5.41) is 7.27. The molecule has 200 valence electrons. The number of rotatable bonds is 9. The van der Waals surface area contributed by atoms with E-state index in [1.807, 2.05) is 13.3 Å². The van der Waals surface area contributed by atoms with Crippen molar-refractivity contribution in [1.29, 1.82) is 0 Å². The minimum Gasteiger partial charge on any atom is -0.378 e. The minimum atomic E-state index is 0.128. The van der Waals surface area contributed by atoms with Crippen molar-refractivity contribution in [3.8, 4) is 0 Å². The van der Waals surface area contributed by atoms with Crippen molar-refractivity contribution in [2.45, 2.75) is 63.6 Å². The van der Waals surface area contributed by atoms with Crippen LogP contribution in [-0.4, -0.2) is 66.3 Å². The number of hydrogen-bond acceptors (Lipinski definition) is 7. The maximum atomic E-state index is 6.04. The molecule has 5 fully saturated rings. The monoisotopic (exact) mass is 568 g/mol. The van der Waals surface area contributed by atoms with Crippen molar-refractivity contribution >= 4 is 33.4 Å². The highest BCUT2D eigenvalue weighted by Gasteiger charge is 2.55. The van der Waals surface area contributed by atoms with Gasteiger partial charge in [0.05, 0.1) is 10.1 Å². The van der Waals surface area contributed by atoms with Gasteiger partial charge in [0.2, 0.25) is 5.95 Å². The second-order valence-electron chi connectivity index (χ2n) is 11.8. The van der Waals surface area contributed by atoms with E-state index in [4.69, 9.17) is 9.72 Å². The number of piperazine rings is 1. The molecule has 2 N–H and O–H groups in total. The Morgan fingerprint density at radius 2 is 1.78 bits per heavy atom. The van der Waals surface area contributed by atoms with Crippen LogP contribution in [-0.2, 0) is 11.3 Å². The van der Waals surface area contributed by atoms with Crippen LogP contribution in [0.2, 0.25) is 0 Å². The zero-order chi connectivity index (χ0) is 25.4. The molecule has 1 aromatic carbocycles. The van der Waals surface area contributed by atoms with Crippen LogP contribution in [0.5, 0.6) is 0 Å². The first kappa shape index (κ1) is 25.4. The summed E-state index contributed by atoms with van der Waals surface area (Å²) >= 11 is 3.69. The van der Waals surface area contributed by atoms with Crippen LogP contribution in [0.1, 0.15) is 51.0 Å². The fraction of sp³-hybridized carbons (Fsp3) is 0.655. The minimum absolute atomic E-state index is 0.128. The molecule has 7 rings (SSSR count). The normalized spacial score (nSPS) is 31.1. The van der Waals surface area contributed by atoms with E-state index in [2.05, 4.69) is 72.5 Å². The number of aromatic nitrogens is 2. The highest BCUT2D eigenvalue weighted by Crippen LogP contribution is 2.57. The molecule has 2 atom stereocenters. The molecule has 8 heteroatoms. The quantitative estimate of drug-likeness (QED) is 0.420. The molecule has 0 radical (unpaired) electrons. The third-order valence-corrected chi connectivity index (χ3v) is 9.94. The second kappa shape index (κ2) is 10.7. The summed E-state index contributed by atoms with van der Waals surface area (Å²) in [6, 6.07) is 9.41. The molecule has 4 bridgehead atoms. The number of nitrogens with one attached hydrogen (secondary N) is 2. The van der Waals surface area contributed by atoms with E-state index in [9.17, 15) is 0 Å². The number of anilines is 3. The van der Waals surface area contributed by atoms with E-state index >= 15 is 0 Å². The lowest BCUT2D eigenvalue weighted by atomic mass is 9.52. The Morgan fingerprint density at radius 1 is 1.05 bits per heavy atom. The molecule has 5 aliphatic rings. The van der Waals surface area contributed by atoms with Crippen LogP contribution in [0, 0.1) is 17.8 Å². The number of ether oxygens (including phenoxy) is 1. The molecule has 1 aliphatic heterocycles. The Labute approximate surface area is 229 Å². The molecule has 4 aliphatic carbocycles. The van der Waals surface area contributed by atoms with Gasteiger partial charge in [0.15, 0.2) is 0 Å².